The van der Waals surface area contributed by atoms with Crippen LogP contribution in [0.5, 0.6) is 0 Å². The quantitative estimate of drug-likeness (QED) is 0.849. The number of hydrogen-bond acceptors (Lipinski definition) is 3. The van der Waals surface area contributed by atoms with E-state index in [2.05, 4.69) is 30.6 Å². The molecular weight excluding hydrogens is 258 g/mol. The van der Waals surface area contributed by atoms with Gasteiger partial charge in [0.15, 0.2) is 0 Å². The van der Waals surface area contributed by atoms with E-state index in [1.54, 1.807) is 0 Å². The smallest absolute Gasteiger partial charge is 0.0340 e. The molecule has 0 aromatic heterocycles. The van der Waals surface area contributed by atoms with Gasteiger partial charge in [-0.1, -0.05) is 20.3 Å². The molecule has 3 nitrogen and oxygen atoms in total. The Morgan fingerprint density at radius 1 is 1.05 bits per heavy atom. The number of piperidine rings is 1. The molecule has 3 rings (SSSR count). The summed E-state index contributed by atoms with van der Waals surface area (Å²) in [7, 11) is 0. The van der Waals surface area contributed by atoms with Gasteiger partial charge in [-0.05, 0) is 57.4 Å². The van der Waals surface area contributed by atoms with E-state index in [9.17, 15) is 0 Å². The van der Waals surface area contributed by atoms with E-state index in [0.29, 0.717) is 6.04 Å². The summed E-state index contributed by atoms with van der Waals surface area (Å²) in [5.41, 5.74) is 6.65. The van der Waals surface area contributed by atoms with E-state index in [-0.39, 0.29) is 5.54 Å². The molecule has 2 aliphatic heterocycles. The summed E-state index contributed by atoms with van der Waals surface area (Å²) in [6, 6.07) is 1.46. The minimum absolute atomic E-state index is 0.278. The fourth-order valence-electron chi connectivity index (χ4n) is 5.77. The predicted octanol–water partition coefficient (Wildman–Crippen LogP) is 2.70. The largest absolute Gasteiger partial charge is 0.329 e. The van der Waals surface area contributed by atoms with Crippen molar-refractivity contribution in [2.45, 2.75) is 76.9 Å². The lowest BCUT2D eigenvalue weighted by Gasteiger charge is -2.57. The second-order valence-corrected chi connectivity index (χ2v) is 8.43. The predicted molar refractivity (Wildman–Crippen MR) is 89.3 cm³/mol. The monoisotopic (exact) mass is 293 g/mol. The number of piperazine rings is 1. The number of nitrogens with two attached hydrogens (primary N) is 1. The number of nitrogens with zero attached hydrogens (tertiary/aromatic N) is 2. The third kappa shape index (κ3) is 3.02. The molecule has 4 unspecified atom stereocenters. The van der Waals surface area contributed by atoms with Gasteiger partial charge >= 0.3 is 0 Å². The Hall–Kier alpha value is -0.120. The van der Waals surface area contributed by atoms with E-state index in [1.165, 1.54) is 58.2 Å². The Labute approximate surface area is 131 Å². The van der Waals surface area contributed by atoms with Gasteiger partial charge in [0, 0.05) is 37.3 Å². The Balaban J connectivity index is 1.79. The van der Waals surface area contributed by atoms with Gasteiger partial charge in [0.25, 0.3) is 0 Å². The molecule has 3 aliphatic rings. The normalized spacial score (nSPS) is 46.3. The molecule has 0 radical (unpaired) electrons. The van der Waals surface area contributed by atoms with Crippen molar-refractivity contribution in [1.82, 2.24) is 9.80 Å². The fourth-order valence-corrected chi connectivity index (χ4v) is 5.77. The third-order valence-corrected chi connectivity index (χ3v) is 6.44. The molecule has 4 atom stereocenters. The van der Waals surface area contributed by atoms with Crippen molar-refractivity contribution in [3.05, 3.63) is 0 Å². The summed E-state index contributed by atoms with van der Waals surface area (Å²) in [5, 5.41) is 0. The summed E-state index contributed by atoms with van der Waals surface area (Å²) in [6.07, 6.45) is 8.23. The van der Waals surface area contributed by atoms with Crippen LogP contribution in [0, 0.1) is 11.8 Å². The maximum Gasteiger partial charge on any atom is 0.0340 e. The van der Waals surface area contributed by atoms with Crippen LogP contribution in [0.15, 0.2) is 0 Å². The number of fused-ring (bicyclic) bond motifs is 1. The second-order valence-electron chi connectivity index (χ2n) is 8.43. The van der Waals surface area contributed by atoms with Gasteiger partial charge in [0.05, 0.1) is 0 Å². The minimum atomic E-state index is 0.278. The van der Waals surface area contributed by atoms with Crippen LogP contribution in [0.3, 0.4) is 0 Å². The van der Waals surface area contributed by atoms with Crippen molar-refractivity contribution in [1.29, 1.82) is 0 Å². The third-order valence-electron chi connectivity index (χ3n) is 6.44. The molecule has 2 N–H and O–H groups in total. The lowest BCUT2D eigenvalue weighted by Crippen LogP contribution is -2.68. The van der Waals surface area contributed by atoms with Gasteiger partial charge in [-0.25, -0.2) is 0 Å². The zero-order valence-electron chi connectivity index (χ0n) is 14.4. The van der Waals surface area contributed by atoms with Crippen LogP contribution in [0.25, 0.3) is 0 Å². The van der Waals surface area contributed by atoms with E-state index in [0.717, 1.165) is 24.4 Å². The van der Waals surface area contributed by atoms with Gasteiger partial charge in [-0.3, -0.25) is 9.80 Å². The van der Waals surface area contributed by atoms with E-state index >= 15 is 0 Å². The Morgan fingerprint density at radius 3 is 2.43 bits per heavy atom. The molecule has 3 fully saturated rings. The van der Waals surface area contributed by atoms with Crippen LogP contribution in [0.1, 0.15) is 59.3 Å². The lowest BCUT2D eigenvalue weighted by atomic mass is 9.69. The maximum absolute atomic E-state index is 6.37. The molecular formula is C18H35N3. The van der Waals surface area contributed by atoms with Gasteiger partial charge < -0.3 is 5.73 Å². The van der Waals surface area contributed by atoms with Gasteiger partial charge in [-0.2, -0.15) is 0 Å². The van der Waals surface area contributed by atoms with Gasteiger partial charge in [-0.15, -0.1) is 0 Å². The van der Waals surface area contributed by atoms with Crippen LogP contribution >= 0.6 is 0 Å². The number of hydrogen-bond donors (Lipinski definition) is 1. The summed E-state index contributed by atoms with van der Waals surface area (Å²) in [6.45, 7) is 12.0. The van der Waals surface area contributed by atoms with Crippen molar-refractivity contribution >= 4 is 0 Å². The van der Waals surface area contributed by atoms with Crippen LogP contribution in [0.2, 0.25) is 0 Å². The van der Waals surface area contributed by atoms with Crippen LogP contribution in [-0.2, 0) is 0 Å². The molecule has 21 heavy (non-hydrogen) atoms. The Kier molecular flexibility index (Phi) is 4.63. The fraction of sp³-hybridized carbons (Fsp3) is 1.00. The van der Waals surface area contributed by atoms with Crippen LogP contribution < -0.4 is 5.73 Å². The van der Waals surface area contributed by atoms with Crippen molar-refractivity contribution in [2.75, 3.05) is 26.2 Å². The highest BCUT2D eigenvalue weighted by molar-refractivity contribution is 5.03. The summed E-state index contributed by atoms with van der Waals surface area (Å²) in [5.74, 6) is 1.66. The summed E-state index contributed by atoms with van der Waals surface area (Å²) in [4.78, 5) is 5.59. The molecule has 0 aromatic rings. The first kappa shape index (κ1) is 15.8. The first-order valence-electron chi connectivity index (χ1n) is 9.25. The molecule has 122 valence electrons. The highest BCUT2D eigenvalue weighted by Gasteiger charge is 2.46. The van der Waals surface area contributed by atoms with Gasteiger partial charge in [0.1, 0.15) is 0 Å². The first-order chi connectivity index (χ1) is 10.0. The second kappa shape index (κ2) is 6.17. The van der Waals surface area contributed by atoms with Crippen LogP contribution in [0.4, 0.5) is 0 Å². The average Bonchev–Trinajstić information content (AvgIpc) is 2.45. The zero-order chi connectivity index (χ0) is 15.0. The highest BCUT2D eigenvalue weighted by atomic mass is 15.3. The zero-order valence-corrected chi connectivity index (χ0v) is 14.4. The summed E-state index contributed by atoms with van der Waals surface area (Å²) < 4.78 is 0. The highest BCUT2D eigenvalue weighted by Crippen LogP contribution is 2.42. The SMILES string of the molecule is CC1CC(C)CC(CN)(N2CC3CCCCN3CC2C)C1. The van der Waals surface area contributed by atoms with Crippen molar-refractivity contribution in [3.8, 4) is 0 Å². The first-order valence-corrected chi connectivity index (χ1v) is 9.25. The molecule has 0 spiro atoms. The molecule has 2 heterocycles. The maximum atomic E-state index is 6.37. The van der Waals surface area contributed by atoms with E-state index in [1.807, 2.05) is 0 Å². The molecule has 0 aromatic carbocycles. The van der Waals surface area contributed by atoms with E-state index < -0.39 is 0 Å². The molecule has 0 bridgehead atoms. The Bertz CT molecular complexity index is 346. The topological polar surface area (TPSA) is 32.5 Å². The molecule has 1 aliphatic carbocycles. The summed E-state index contributed by atoms with van der Waals surface area (Å²) >= 11 is 0. The van der Waals surface area contributed by atoms with Gasteiger partial charge in [0.2, 0.25) is 0 Å². The van der Waals surface area contributed by atoms with Crippen LogP contribution in [-0.4, -0.2) is 53.6 Å². The average molecular weight is 293 g/mol. The minimum Gasteiger partial charge on any atom is -0.329 e. The number of rotatable bonds is 2. The van der Waals surface area contributed by atoms with Crippen molar-refractivity contribution in [3.63, 3.8) is 0 Å². The molecule has 3 heteroatoms. The van der Waals surface area contributed by atoms with E-state index in [4.69, 9.17) is 5.73 Å². The van der Waals surface area contributed by atoms with Crippen molar-refractivity contribution < 1.29 is 0 Å². The standard InChI is InChI=1S/C18H35N3/c1-14-8-15(2)10-18(9-14,13-19)21-12-17-6-4-5-7-20(17)11-16(21)3/h14-17H,4-13,19H2,1-3H3. The van der Waals surface area contributed by atoms with Crippen molar-refractivity contribution in [2.24, 2.45) is 17.6 Å². The molecule has 1 saturated carbocycles. The molecule has 0 amide bonds. The Morgan fingerprint density at radius 2 is 1.76 bits per heavy atom. The molecule has 2 saturated heterocycles. The lowest BCUT2D eigenvalue weighted by molar-refractivity contribution is -0.0723.